The molecule has 0 bridgehead atoms. The Kier molecular flexibility index (Phi) is 3.85. The summed E-state index contributed by atoms with van der Waals surface area (Å²) in [5.74, 6) is 0. The molecule has 5 nitrogen and oxygen atoms in total. The number of hydrogen-bond acceptors (Lipinski definition) is 7. The highest BCUT2D eigenvalue weighted by Crippen LogP contribution is 2.35. The van der Waals surface area contributed by atoms with Crippen molar-refractivity contribution in [3.05, 3.63) is 16.7 Å². The molecule has 0 aromatic carbocycles. The smallest absolute Gasteiger partial charge is 0.208 e. The van der Waals surface area contributed by atoms with E-state index in [1.165, 1.54) is 23.1 Å². The average Bonchev–Trinajstić information content (AvgIpc) is 2.71. The van der Waals surface area contributed by atoms with Gasteiger partial charge in [0.1, 0.15) is 5.03 Å². The van der Waals surface area contributed by atoms with Crippen LogP contribution in [0.4, 0.5) is 10.8 Å². The van der Waals surface area contributed by atoms with Crippen molar-refractivity contribution in [2.75, 3.05) is 24.7 Å². The SMILES string of the molecule is CN(C)c1nnc(Sc2ncc(N)cc2Br)s1. The molecule has 0 saturated heterocycles. The van der Waals surface area contributed by atoms with Gasteiger partial charge in [-0.1, -0.05) is 11.3 Å². The third-order valence-electron chi connectivity index (χ3n) is 1.79. The van der Waals surface area contributed by atoms with Crippen LogP contribution >= 0.6 is 39.0 Å². The Morgan fingerprint density at radius 1 is 1.41 bits per heavy atom. The molecule has 0 saturated carbocycles. The molecular weight excluding hydrogens is 322 g/mol. The molecule has 0 spiro atoms. The molecule has 2 rings (SSSR count). The number of rotatable bonds is 3. The van der Waals surface area contributed by atoms with Crippen LogP contribution in [-0.4, -0.2) is 29.3 Å². The summed E-state index contributed by atoms with van der Waals surface area (Å²) >= 11 is 6.41. The molecule has 17 heavy (non-hydrogen) atoms. The van der Waals surface area contributed by atoms with Crippen LogP contribution in [-0.2, 0) is 0 Å². The fraction of sp³-hybridized carbons (Fsp3) is 0.222. The van der Waals surface area contributed by atoms with Gasteiger partial charge in [-0.05, 0) is 33.8 Å². The Hall–Kier alpha value is -0.860. The van der Waals surface area contributed by atoms with E-state index in [9.17, 15) is 0 Å². The van der Waals surface area contributed by atoms with Crippen LogP contribution in [0.25, 0.3) is 0 Å². The number of nitrogens with zero attached hydrogens (tertiary/aromatic N) is 4. The molecule has 2 N–H and O–H groups in total. The van der Waals surface area contributed by atoms with E-state index < -0.39 is 0 Å². The summed E-state index contributed by atoms with van der Waals surface area (Å²) in [5, 5.41) is 9.87. The molecule has 2 aromatic heterocycles. The third kappa shape index (κ3) is 3.08. The summed E-state index contributed by atoms with van der Waals surface area (Å²) in [6, 6.07) is 1.82. The zero-order valence-electron chi connectivity index (χ0n) is 9.22. The van der Waals surface area contributed by atoms with E-state index in [1.807, 2.05) is 25.1 Å². The van der Waals surface area contributed by atoms with E-state index in [-0.39, 0.29) is 0 Å². The average molecular weight is 332 g/mol. The van der Waals surface area contributed by atoms with Crippen molar-refractivity contribution in [3.63, 3.8) is 0 Å². The van der Waals surface area contributed by atoms with E-state index in [1.54, 1.807) is 6.20 Å². The summed E-state index contributed by atoms with van der Waals surface area (Å²) in [5.41, 5.74) is 6.26. The maximum atomic E-state index is 5.63. The lowest BCUT2D eigenvalue weighted by molar-refractivity contribution is 0.970. The first kappa shape index (κ1) is 12.6. The molecular formula is C9H10BrN5S2. The normalized spacial score (nSPS) is 10.5. The minimum atomic E-state index is 0.632. The Balaban J connectivity index is 2.19. The summed E-state index contributed by atoms with van der Waals surface area (Å²) in [4.78, 5) is 6.17. The second kappa shape index (κ2) is 5.19. The first-order valence-corrected chi connectivity index (χ1v) is 7.08. The predicted molar refractivity (Wildman–Crippen MR) is 74.7 cm³/mol. The molecule has 0 unspecified atom stereocenters. The number of nitrogen functional groups attached to an aromatic ring is 1. The summed E-state index contributed by atoms with van der Waals surface area (Å²) in [6.45, 7) is 0. The Labute approximate surface area is 116 Å². The van der Waals surface area contributed by atoms with Gasteiger partial charge in [0.05, 0.1) is 16.4 Å². The quantitative estimate of drug-likeness (QED) is 0.931. The highest BCUT2D eigenvalue weighted by atomic mass is 79.9. The largest absolute Gasteiger partial charge is 0.397 e. The lowest BCUT2D eigenvalue weighted by atomic mass is 10.4. The zero-order chi connectivity index (χ0) is 12.4. The molecule has 2 aromatic rings. The molecule has 0 atom stereocenters. The van der Waals surface area contributed by atoms with E-state index in [4.69, 9.17) is 5.73 Å². The number of nitrogens with two attached hydrogens (primary N) is 1. The Bertz CT molecular complexity index is 528. The maximum absolute atomic E-state index is 5.63. The Morgan fingerprint density at radius 2 is 2.18 bits per heavy atom. The molecule has 0 fully saturated rings. The maximum Gasteiger partial charge on any atom is 0.208 e. The van der Waals surface area contributed by atoms with Crippen molar-refractivity contribution in [2.24, 2.45) is 0 Å². The van der Waals surface area contributed by atoms with Crippen LogP contribution in [0.5, 0.6) is 0 Å². The van der Waals surface area contributed by atoms with Crippen molar-refractivity contribution >= 4 is 49.8 Å². The van der Waals surface area contributed by atoms with Crippen LogP contribution in [0.15, 0.2) is 26.1 Å². The van der Waals surface area contributed by atoms with Crippen LogP contribution in [0.1, 0.15) is 0 Å². The first-order valence-electron chi connectivity index (χ1n) is 4.66. The van der Waals surface area contributed by atoms with Gasteiger partial charge in [-0.2, -0.15) is 0 Å². The Morgan fingerprint density at radius 3 is 2.76 bits per heavy atom. The number of anilines is 2. The van der Waals surface area contributed by atoms with E-state index >= 15 is 0 Å². The number of hydrogen-bond donors (Lipinski definition) is 1. The molecule has 90 valence electrons. The van der Waals surface area contributed by atoms with Gasteiger partial charge in [0.2, 0.25) is 5.13 Å². The van der Waals surface area contributed by atoms with Crippen LogP contribution in [0.2, 0.25) is 0 Å². The van der Waals surface area contributed by atoms with Gasteiger partial charge in [0.15, 0.2) is 4.34 Å². The van der Waals surface area contributed by atoms with Gasteiger partial charge >= 0.3 is 0 Å². The molecule has 0 aliphatic rings. The highest BCUT2D eigenvalue weighted by molar-refractivity contribution is 9.10. The highest BCUT2D eigenvalue weighted by Gasteiger charge is 2.10. The van der Waals surface area contributed by atoms with Crippen LogP contribution in [0, 0.1) is 0 Å². The molecule has 8 heteroatoms. The number of pyridine rings is 1. The minimum absolute atomic E-state index is 0.632. The van der Waals surface area contributed by atoms with Crippen molar-refractivity contribution in [1.82, 2.24) is 15.2 Å². The lowest BCUT2D eigenvalue weighted by Crippen LogP contribution is -2.07. The van der Waals surface area contributed by atoms with E-state index in [2.05, 4.69) is 31.1 Å². The second-order valence-electron chi connectivity index (χ2n) is 3.40. The van der Waals surface area contributed by atoms with Gasteiger partial charge in [0.25, 0.3) is 0 Å². The van der Waals surface area contributed by atoms with Crippen molar-refractivity contribution in [2.45, 2.75) is 9.37 Å². The summed E-state index contributed by atoms with van der Waals surface area (Å²) in [7, 11) is 3.87. The summed E-state index contributed by atoms with van der Waals surface area (Å²) in [6.07, 6.45) is 1.63. The molecule has 0 aliphatic carbocycles. The van der Waals surface area contributed by atoms with E-state index in [0.717, 1.165) is 19.0 Å². The van der Waals surface area contributed by atoms with Gasteiger partial charge in [-0.3, -0.25) is 0 Å². The summed E-state index contributed by atoms with van der Waals surface area (Å²) < 4.78 is 1.72. The monoisotopic (exact) mass is 331 g/mol. The molecule has 0 amide bonds. The zero-order valence-corrected chi connectivity index (χ0v) is 12.4. The molecule has 0 aliphatic heterocycles. The number of halogens is 1. The standard InChI is InChI=1S/C9H10BrN5S2/c1-15(2)8-13-14-9(17-8)16-7-6(10)3-5(11)4-12-7/h3-4H,11H2,1-2H3. The minimum Gasteiger partial charge on any atom is -0.397 e. The van der Waals surface area contributed by atoms with Gasteiger partial charge < -0.3 is 10.6 Å². The fourth-order valence-corrected chi connectivity index (χ4v) is 3.27. The second-order valence-corrected chi connectivity index (χ2v) is 6.45. The fourth-order valence-electron chi connectivity index (χ4n) is 1.02. The van der Waals surface area contributed by atoms with Crippen molar-refractivity contribution < 1.29 is 0 Å². The van der Waals surface area contributed by atoms with Crippen molar-refractivity contribution in [1.29, 1.82) is 0 Å². The molecule has 2 heterocycles. The van der Waals surface area contributed by atoms with Crippen LogP contribution < -0.4 is 10.6 Å². The van der Waals surface area contributed by atoms with Crippen molar-refractivity contribution in [3.8, 4) is 0 Å². The van der Waals surface area contributed by atoms with Gasteiger partial charge in [-0.25, -0.2) is 4.98 Å². The predicted octanol–water partition coefficient (Wildman–Crippen LogP) is 2.50. The number of aromatic nitrogens is 3. The lowest BCUT2D eigenvalue weighted by Gasteiger charge is -2.04. The molecule has 0 radical (unpaired) electrons. The first-order chi connectivity index (χ1) is 8.06. The van der Waals surface area contributed by atoms with Gasteiger partial charge in [0, 0.05) is 14.1 Å². The third-order valence-corrected chi connectivity index (χ3v) is 4.82. The topological polar surface area (TPSA) is 67.9 Å². The van der Waals surface area contributed by atoms with E-state index in [0.29, 0.717) is 5.69 Å². The van der Waals surface area contributed by atoms with Gasteiger partial charge in [-0.15, -0.1) is 10.2 Å². The van der Waals surface area contributed by atoms with Crippen LogP contribution in [0.3, 0.4) is 0 Å².